The second-order valence-corrected chi connectivity index (χ2v) is 7.58. The fourth-order valence-electron chi connectivity index (χ4n) is 3.11. The lowest BCUT2D eigenvalue weighted by atomic mass is 9.99. The third-order valence-electron chi connectivity index (χ3n) is 4.64. The van der Waals surface area contributed by atoms with E-state index in [1.54, 1.807) is 0 Å². The van der Waals surface area contributed by atoms with Crippen molar-refractivity contribution in [1.29, 1.82) is 0 Å². The molecular formula is C21H19N3O2S. The molecule has 4 rings (SSSR count). The van der Waals surface area contributed by atoms with Crippen molar-refractivity contribution in [2.45, 2.75) is 13.8 Å². The average Bonchev–Trinajstić information content (AvgIpc) is 3.00. The summed E-state index contributed by atoms with van der Waals surface area (Å²) in [7, 11) is 0. The van der Waals surface area contributed by atoms with Gasteiger partial charge >= 0.3 is 0 Å². The molecular weight excluding hydrogens is 358 g/mol. The first kappa shape index (κ1) is 17.3. The molecule has 2 heterocycles. The number of nitrogens with one attached hydrogen (secondary N) is 1. The summed E-state index contributed by atoms with van der Waals surface area (Å²) in [4.78, 5) is 20.3. The molecule has 136 valence electrons. The molecule has 2 N–H and O–H groups in total. The molecule has 0 unspecified atom stereocenters. The standard InChI is InChI=1S/C21H19N3O2S/c1-13-14(2)27-21(22-13)23-20(26)17-12-24(15-8-4-3-5-9-15)18-11-7-6-10-16(18)19(17)25/h3-11,25H,12H2,1-2H3,(H,22,23,26). The van der Waals surface area contributed by atoms with Crippen molar-refractivity contribution in [2.75, 3.05) is 16.8 Å². The van der Waals surface area contributed by atoms with Crippen LogP contribution in [-0.2, 0) is 4.79 Å². The first-order valence-corrected chi connectivity index (χ1v) is 9.45. The van der Waals surface area contributed by atoms with E-state index in [0.717, 1.165) is 21.9 Å². The fourth-order valence-corrected chi connectivity index (χ4v) is 3.92. The maximum atomic E-state index is 12.9. The van der Waals surface area contributed by atoms with Crippen LogP contribution >= 0.6 is 11.3 Å². The van der Waals surface area contributed by atoms with Gasteiger partial charge in [-0.15, -0.1) is 11.3 Å². The van der Waals surface area contributed by atoms with Gasteiger partial charge in [-0.1, -0.05) is 30.3 Å². The zero-order chi connectivity index (χ0) is 19.0. The van der Waals surface area contributed by atoms with Gasteiger partial charge in [0.1, 0.15) is 5.76 Å². The number of aromatic nitrogens is 1. The number of benzene rings is 2. The lowest BCUT2D eigenvalue weighted by molar-refractivity contribution is -0.112. The van der Waals surface area contributed by atoms with E-state index in [1.807, 2.05) is 73.3 Å². The van der Waals surface area contributed by atoms with E-state index in [1.165, 1.54) is 11.3 Å². The molecule has 0 fully saturated rings. The van der Waals surface area contributed by atoms with Crippen molar-refractivity contribution in [3.63, 3.8) is 0 Å². The summed E-state index contributed by atoms with van der Waals surface area (Å²) in [6.45, 7) is 4.15. The Labute approximate surface area is 161 Å². The van der Waals surface area contributed by atoms with Crippen LogP contribution in [0.5, 0.6) is 0 Å². The Kier molecular flexibility index (Phi) is 4.41. The number of aliphatic hydroxyl groups excluding tert-OH is 1. The minimum Gasteiger partial charge on any atom is -0.507 e. The quantitative estimate of drug-likeness (QED) is 0.687. The van der Waals surface area contributed by atoms with Crippen LogP contribution in [0.2, 0.25) is 0 Å². The highest BCUT2D eigenvalue weighted by atomic mass is 32.1. The Morgan fingerprint density at radius 2 is 1.81 bits per heavy atom. The topological polar surface area (TPSA) is 65.5 Å². The van der Waals surface area contributed by atoms with E-state index in [9.17, 15) is 9.90 Å². The Hall–Kier alpha value is -3.12. The third-order valence-corrected chi connectivity index (χ3v) is 5.63. The van der Waals surface area contributed by atoms with Gasteiger partial charge < -0.3 is 10.0 Å². The highest BCUT2D eigenvalue weighted by Crippen LogP contribution is 2.38. The minimum absolute atomic E-state index is 0.0141. The second-order valence-electron chi connectivity index (χ2n) is 6.38. The molecule has 0 spiro atoms. The molecule has 6 heteroatoms. The molecule has 0 bridgehead atoms. The second kappa shape index (κ2) is 6.89. The van der Waals surface area contributed by atoms with Crippen LogP contribution < -0.4 is 10.2 Å². The first-order chi connectivity index (χ1) is 13.0. The van der Waals surface area contributed by atoms with E-state index >= 15 is 0 Å². The number of aryl methyl sites for hydroxylation is 2. The van der Waals surface area contributed by atoms with Gasteiger partial charge in [0.2, 0.25) is 0 Å². The number of carbonyl (C=O) groups excluding carboxylic acids is 1. The molecule has 27 heavy (non-hydrogen) atoms. The zero-order valence-electron chi connectivity index (χ0n) is 15.1. The van der Waals surface area contributed by atoms with Crippen LogP contribution in [0.25, 0.3) is 5.76 Å². The number of aliphatic hydroxyl groups is 1. The first-order valence-electron chi connectivity index (χ1n) is 8.64. The predicted molar refractivity (Wildman–Crippen MR) is 110 cm³/mol. The monoisotopic (exact) mass is 377 g/mol. The molecule has 0 aliphatic carbocycles. The van der Waals surface area contributed by atoms with Crippen molar-refractivity contribution >= 4 is 39.5 Å². The molecule has 0 atom stereocenters. The van der Waals surface area contributed by atoms with Gasteiger partial charge in [-0.2, -0.15) is 0 Å². The van der Waals surface area contributed by atoms with E-state index < -0.39 is 0 Å². The summed E-state index contributed by atoms with van der Waals surface area (Å²) >= 11 is 1.43. The molecule has 3 aromatic rings. The van der Waals surface area contributed by atoms with E-state index in [2.05, 4.69) is 10.3 Å². The number of amides is 1. The number of hydrogen-bond acceptors (Lipinski definition) is 5. The number of rotatable bonds is 3. The zero-order valence-corrected chi connectivity index (χ0v) is 15.9. The normalized spacial score (nSPS) is 13.5. The Morgan fingerprint density at radius 1 is 1.11 bits per heavy atom. The maximum absolute atomic E-state index is 12.9. The lowest BCUT2D eigenvalue weighted by Gasteiger charge is -2.32. The van der Waals surface area contributed by atoms with Crippen molar-refractivity contribution in [3.8, 4) is 0 Å². The number of anilines is 3. The van der Waals surface area contributed by atoms with E-state index in [4.69, 9.17) is 0 Å². The molecule has 2 aromatic carbocycles. The Balaban J connectivity index is 1.73. The molecule has 5 nitrogen and oxygen atoms in total. The summed E-state index contributed by atoms with van der Waals surface area (Å²) in [6.07, 6.45) is 0. The van der Waals surface area contributed by atoms with Crippen molar-refractivity contribution in [2.24, 2.45) is 0 Å². The van der Waals surface area contributed by atoms with Crippen LogP contribution in [0.3, 0.4) is 0 Å². The molecule has 1 aromatic heterocycles. The fraction of sp³-hybridized carbons (Fsp3) is 0.143. The largest absolute Gasteiger partial charge is 0.507 e. The molecule has 0 radical (unpaired) electrons. The van der Waals surface area contributed by atoms with Crippen LogP contribution in [0.4, 0.5) is 16.5 Å². The van der Waals surface area contributed by atoms with Gasteiger partial charge in [0.25, 0.3) is 5.91 Å². The molecule has 1 amide bonds. The average molecular weight is 377 g/mol. The van der Waals surface area contributed by atoms with Crippen molar-refractivity contribution in [3.05, 3.63) is 76.3 Å². The van der Waals surface area contributed by atoms with Gasteiger partial charge in [-0.3, -0.25) is 10.1 Å². The summed E-state index contributed by atoms with van der Waals surface area (Å²) in [5.74, 6) is -0.322. The highest BCUT2D eigenvalue weighted by molar-refractivity contribution is 7.15. The molecule has 1 aliphatic rings. The van der Waals surface area contributed by atoms with Crippen LogP contribution in [0.1, 0.15) is 16.1 Å². The van der Waals surface area contributed by atoms with Crippen LogP contribution in [0, 0.1) is 13.8 Å². The molecule has 0 saturated carbocycles. The minimum atomic E-state index is -0.336. The van der Waals surface area contributed by atoms with Gasteiger partial charge in [0, 0.05) is 16.1 Å². The van der Waals surface area contributed by atoms with Gasteiger partial charge in [0.15, 0.2) is 5.13 Å². The Morgan fingerprint density at radius 3 is 2.52 bits per heavy atom. The number of para-hydroxylation sites is 2. The number of thiazole rings is 1. The summed E-state index contributed by atoms with van der Waals surface area (Å²) in [5.41, 5.74) is 3.70. The smallest absolute Gasteiger partial charge is 0.258 e. The van der Waals surface area contributed by atoms with Gasteiger partial charge in [-0.25, -0.2) is 4.98 Å². The number of nitrogens with zero attached hydrogens (tertiary/aromatic N) is 2. The van der Waals surface area contributed by atoms with Gasteiger partial charge in [0.05, 0.1) is 23.5 Å². The molecule has 1 aliphatic heterocycles. The third kappa shape index (κ3) is 3.19. The lowest BCUT2D eigenvalue weighted by Crippen LogP contribution is -2.31. The number of hydrogen-bond donors (Lipinski definition) is 2. The summed E-state index contributed by atoms with van der Waals surface area (Å²) in [5, 5.41) is 14.1. The number of carbonyl (C=O) groups is 1. The van der Waals surface area contributed by atoms with Crippen LogP contribution in [0.15, 0.2) is 60.2 Å². The highest BCUT2D eigenvalue weighted by Gasteiger charge is 2.29. The van der Waals surface area contributed by atoms with Crippen molar-refractivity contribution < 1.29 is 9.90 Å². The maximum Gasteiger partial charge on any atom is 0.258 e. The van der Waals surface area contributed by atoms with E-state index in [-0.39, 0.29) is 18.2 Å². The van der Waals surface area contributed by atoms with Crippen LogP contribution in [-0.4, -0.2) is 22.5 Å². The van der Waals surface area contributed by atoms with Crippen molar-refractivity contribution in [1.82, 2.24) is 4.98 Å². The Bertz CT molecular complexity index is 1020. The summed E-state index contributed by atoms with van der Waals surface area (Å²) in [6, 6.07) is 17.4. The summed E-state index contributed by atoms with van der Waals surface area (Å²) < 4.78 is 0. The molecule has 0 saturated heterocycles. The van der Waals surface area contributed by atoms with E-state index in [0.29, 0.717) is 16.3 Å². The number of fused-ring (bicyclic) bond motifs is 1. The SMILES string of the molecule is Cc1nc(NC(=O)C2=C(O)c3ccccc3N(c3ccccc3)C2)sc1C. The predicted octanol–water partition coefficient (Wildman–Crippen LogP) is 4.82. The van der Waals surface area contributed by atoms with Gasteiger partial charge in [-0.05, 0) is 38.1 Å².